The quantitative estimate of drug-likeness (QED) is 0.526. The van der Waals surface area contributed by atoms with Gasteiger partial charge >= 0.3 is 18.0 Å². The van der Waals surface area contributed by atoms with Gasteiger partial charge < -0.3 is 14.8 Å². The third-order valence-corrected chi connectivity index (χ3v) is 4.23. The first-order chi connectivity index (χ1) is 11.7. The third kappa shape index (κ3) is 6.07. The van der Waals surface area contributed by atoms with Gasteiger partial charge in [-0.2, -0.15) is 0 Å². The zero-order valence-electron chi connectivity index (χ0n) is 14.1. The smallest absolute Gasteiger partial charge is 0.340 e. The molecule has 2 N–H and O–H groups in total. The van der Waals surface area contributed by atoms with Crippen molar-refractivity contribution >= 4 is 28.0 Å². The Labute approximate surface area is 145 Å². The van der Waals surface area contributed by atoms with Crippen LogP contribution >= 0.6 is 0 Å². The van der Waals surface area contributed by atoms with Gasteiger partial charge in [-0.05, 0) is 32.9 Å². The van der Waals surface area contributed by atoms with Crippen LogP contribution in [-0.2, 0) is 29.1 Å². The molecule has 0 aliphatic rings. The van der Waals surface area contributed by atoms with Crippen molar-refractivity contribution in [2.75, 3.05) is 13.2 Å². The summed E-state index contributed by atoms with van der Waals surface area (Å²) in [7, 11) is -4.16. The summed E-state index contributed by atoms with van der Waals surface area (Å²) in [5.74, 6) is -2.10. The van der Waals surface area contributed by atoms with Gasteiger partial charge in [-0.25, -0.2) is 27.5 Å². The van der Waals surface area contributed by atoms with Crippen LogP contribution in [0.1, 0.15) is 19.4 Å². The number of hydrogen-bond donors (Lipinski definition) is 2. The largest absolute Gasteiger partial charge is 0.464 e. The predicted molar refractivity (Wildman–Crippen MR) is 87.1 cm³/mol. The lowest BCUT2D eigenvalue weighted by atomic mass is 10.2. The number of esters is 2. The molecule has 138 valence electrons. The number of benzene rings is 1. The van der Waals surface area contributed by atoms with Gasteiger partial charge in [0.1, 0.15) is 0 Å². The fourth-order valence-corrected chi connectivity index (χ4v) is 2.64. The number of ether oxygens (including phenoxy) is 2. The molecule has 0 aliphatic heterocycles. The Morgan fingerprint density at radius 2 is 1.48 bits per heavy atom. The molecule has 1 rings (SSSR count). The van der Waals surface area contributed by atoms with E-state index in [1.165, 1.54) is 26.0 Å². The summed E-state index contributed by atoms with van der Waals surface area (Å²) in [6.45, 7) is 4.75. The van der Waals surface area contributed by atoms with Gasteiger partial charge in [0.25, 0.3) is 10.0 Å². The van der Waals surface area contributed by atoms with Crippen LogP contribution in [0.25, 0.3) is 0 Å². The Kier molecular flexibility index (Phi) is 7.37. The summed E-state index contributed by atoms with van der Waals surface area (Å²) in [6.07, 6.45) is 0. The van der Waals surface area contributed by atoms with E-state index in [-0.39, 0.29) is 18.1 Å². The lowest BCUT2D eigenvalue weighted by Gasteiger charge is -2.16. The molecule has 0 saturated heterocycles. The van der Waals surface area contributed by atoms with Crippen molar-refractivity contribution in [3.05, 3.63) is 29.8 Å². The molecular formula is C15H20N2O7S. The second-order valence-corrected chi connectivity index (χ2v) is 6.51. The number of carbonyl (C=O) groups is 3. The monoisotopic (exact) mass is 372 g/mol. The Balaban J connectivity index is 2.87. The van der Waals surface area contributed by atoms with E-state index in [9.17, 15) is 22.8 Å². The second kappa shape index (κ2) is 9.02. The van der Waals surface area contributed by atoms with E-state index in [1.54, 1.807) is 23.8 Å². The maximum absolute atomic E-state index is 12.1. The number of carbonyl (C=O) groups excluding carboxylic acids is 3. The van der Waals surface area contributed by atoms with Crippen LogP contribution in [0.4, 0.5) is 4.79 Å². The Bertz CT molecular complexity index is 711. The van der Waals surface area contributed by atoms with Gasteiger partial charge in [0.15, 0.2) is 0 Å². The van der Waals surface area contributed by atoms with Gasteiger partial charge in [-0.1, -0.05) is 17.7 Å². The van der Waals surface area contributed by atoms with Gasteiger partial charge in [0, 0.05) is 0 Å². The lowest BCUT2D eigenvalue weighted by molar-refractivity contribution is -0.157. The van der Waals surface area contributed by atoms with Crippen molar-refractivity contribution in [2.45, 2.75) is 31.7 Å². The Morgan fingerprint density at radius 1 is 1.00 bits per heavy atom. The molecule has 0 aromatic heterocycles. The normalized spacial score (nSPS) is 10.9. The Morgan fingerprint density at radius 3 is 1.92 bits per heavy atom. The number of sulfonamides is 1. The predicted octanol–water partition coefficient (Wildman–Crippen LogP) is 0.478. The van der Waals surface area contributed by atoms with E-state index in [1.807, 2.05) is 5.32 Å². The van der Waals surface area contributed by atoms with E-state index < -0.39 is 34.0 Å². The van der Waals surface area contributed by atoms with Crippen LogP contribution in [-0.4, -0.2) is 45.6 Å². The van der Waals surface area contributed by atoms with E-state index in [2.05, 4.69) is 9.47 Å². The first kappa shape index (κ1) is 20.4. The Hall–Kier alpha value is -2.62. The van der Waals surface area contributed by atoms with Crippen LogP contribution in [0.15, 0.2) is 29.2 Å². The molecule has 1 aromatic rings. The lowest BCUT2D eigenvalue weighted by Crippen LogP contribution is -2.52. The van der Waals surface area contributed by atoms with E-state index >= 15 is 0 Å². The average Bonchev–Trinajstić information content (AvgIpc) is 2.53. The summed E-state index contributed by atoms with van der Waals surface area (Å²) in [5.41, 5.74) is 0.841. The van der Waals surface area contributed by atoms with Crippen LogP contribution in [0.2, 0.25) is 0 Å². The number of hydrogen-bond acceptors (Lipinski definition) is 7. The van der Waals surface area contributed by atoms with Crippen molar-refractivity contribution in [3.63, 3.8) is 0 Å². The summed E-state index contributed by atoms with van der Waals surface area (Å²) in [5, 5.41) is 1.95. The average molecular weight is 372 g/mol. The maximum atomic E-state index is 12.1. The molecule has 0 bridgehead atoms. The summed E-state index contributed by atoms with van der Waals surface area (Å²) in [4.78, 5) is 35.3. The third-order valence-electron chi connectivity index (χ3n) is 2.88. The highest BCUT2D eigenvalue weighted by atomic mass is 32.2. The standard InChI is InChI=1S/C15H20N2O7S/c1-4-23-13(18)12(14(19)24-5-2)16-15(20)17-25(21,22)11-8-6-10(3)7-9-11/h6-9,12H,4-5H2,1-3H3,(H2,16,17,20). The van der Waals surface area contributed by atoms with Crippen LogP contribution in [0, 0.1) is 6.92 Å². The number of urea groups is 1. The highest BCUT2D eigenvalue weighted by molar-refractivity contribution is 7.90. The van der Waals surface area contributed by atoms with Crippen LogP contribution < -0.4 is 10.0 Å². The zero-order chi connectivity index (χ0) is 19.0. The van der Waals surface area contributed by atoms with Crippen molar-refractivity contribution in [1.82, 2.24) is 10.0 Å². The molecule has 2 amide bonds. The molecular weight excluding hydrogens is 352 g/mol. The molecule has 0 radical (unpaired) electrons. The molecule has 25 heavy (non-hydrogen) atoms. The highest BCUT2D eigenvalue weighted by Crippen LogP contribution is 2.09. The topological polar surface area (TPSA) is 128 Å². The number of nitrogens with one attached hydrogen (secondary N) is 2. The summed E-state index contributed by atoms with van der Waals surface area (Å²) < 4.78 is 35.3. The number of amides is 2. The maximum Gasteiger partial charge on any atom is 0.340 e. The minimum Gasteiger partial charge on any atom is -0.464 e. The molecule has 0 fully saturated rings. The van der Waals surface area contributed by atoms with Gasteiger partial charge in [-0.15, -0.1) is 0 Å². The second-order valence-electron chi connectivity index (χ2n) is 4.83. The molecule has 0 aliphatic carbocycles. The molecule has 0 heterocycles. The summed E-state index contributed by atoms with van der Waals surface area (Å²) in [6, 6.07) is 2.73. The number of aryl methyl sites for hydroxylation is 1. The van der Waals surface area contributed by atoms with Crippen molar-refractivity contribution < 1.29 is 32.3 Å². The van der Waals surface area contributed by atoms with Crippen LogP contribution in [0.5, 0.6) is 0 Å². The first-order valence-electron chi connectivity index (χ1n) is 7.44. The minimum atomic E-state index is -4.16. The zero-order valence-corrected chi connectivity index (χ0v) is 14.9. The van der Waals surface area contributed by atoms with Crippen LogP contribution in [0.3, 0.4) is 0 Å². The minimum absolute atomic E-state index is 0.0281. The molecule has 0 unspecified atom stereocenters. The van der Waals surface area contributed by atoms with Gasteiger partial charge in [0.05, 0.1) is 18.1 Å². The molecule has 0 saturated carbocycles. The molecule has 0 spiro atoms. The SMILES string of the molecule is CCOC(=O)C(NC(=O)NS(=O)(=O)c1ccc(C)cc1)C(=O)OCC. The van der Waals surface area contributed by atoms with E-state index in [0.717, 1.165) is 5.56 Å². The van der Waals surface area contributed by atoms with Gasteiger partial charge in [-0.3, -0.25) is 0 Å². The molecule has 9 nitrogen and oxygen atoms in total. The van der Waals surface area contributed by atoms with E-state index in [0.29, 0.717) is 0 Å². The van der Waals surface area contributed by atoms with Crippen molar-refractivity contribution in [1.29, 1.82) is 0 Å². The number of rotatable bonds is 7. The fourth-order valence-electron chi connectivity index (χ4n) is 1.72. The molecule has 10 heteroatoms. The fraction of sp³-hybridized carbons (Fsp3) is 0.400. The van der Waals surface area contributed by atoms with Crippen molar-refractivity contribution in [3.8, 4) is 0 Å². The van der Waals surface area contributed by atoms with Gasteiger partial charge in [0.2, 0.25) is 6.04 Å². The summed E-state index contributed by atoms with van der Waals surface area (Å²) >= 11 is 0. The van der Waals surface area contributed by atoms with Crippen molar-refractivity contribution in [2.24, 2.45) is 0 Å². The first-order valence-corrected chi connectivity index (χ1v) is 8.92. The van der Waals surface area contributed by atoms with E-state index in [4.69, 9.17) is 0 Å². The molecule has 1 aromatic carbocycles. The highest BCUT2D eigenvalue weighted by Gasteiger charge is 2.32. The molecule has 0 atom stereocenters.